The third kappa shape index (κ3) is 3.67. The van der Waals surface area contributed by atoms with Crippen LogP contribution in [0.1, 0.15) is 17.5 Å². The Balaban J connectivity index is 2.49. The van der Waals surface area contributed by atoms with Crippen molar-refractivity contribution in [1.82, 2.24) is 5.32 Å². The summed E-state index contributed by atoms with van der Waals surface area (Å²) in [4.78, 5) is 10.4. The first-order valence-corrected chi connectivity index (χ1v) is 4.81. The van der Waals surface area contributed by atoms with Crippen LogP contribution in [-0.4, -0.2) is 12.5 Å². The minimum atomic E-state index is -0.525. The molecule has 1 amide bonds. The highest BCUT2D eigenvalue weighted by Gasteiger charge is 2.02. The summed E-state index contributed by atoms with van der Waals surface area (Å²) in [7, 11) is 0. The SMILES string of the molecule is N#Cc1cc(CNCCC(N)=O)ccc1F. The van der Waals surface area contributed by atoms with E-state index in [-0.39, 0.29) is 17.9 Å². The lowest BCUT2D eigenvalue weighted by molar-refractivity contribution is -0.117. The van der Waals surface area contributed by atoms with Gasteiger partial charge in [0.1, 0.15) is 11.9 Å². The summed E-state index contributed by atoms with van der Waals surface area (Å²) in [6.07, 6.45) is 0.256. The molecule has 0 unspecified atom stereocenters. The summed E-state index contributed by atoms with van der Waals surface area (Å²) in [5, 5.41) is 11.6. The van der Waals surface area contributed by atoms with E-state index in [1.807, 2.05) is 0 Å². The molecular formula is C11H12FN3O. The molecule has 0 saturated carbocycles. The van der Waals surface area contributed by atoms with Crippen molar-refractivity contribution < 1.29 is 9.18 Å². The average molecular weight is 221 g/mol. The molecule has 1 aromatic carbocycles. The van der Waals surface area contributed by atoms with Crippen molar-refractivity contribution in [2.24, 2.45) is 5.73 Å². The van der Waals surface area contributed by atoms with Gasteiger partial charge in [0.25, 0.3) is 0 Å². The Hall–Kier alpha value is -1.93. The topological polar surface area (TPSA) is 78.9 Å². The monoisotopic (exact) mass is 221 g/mol. The largest absolute Gasteiger partial charge is 0.370 e. The van der Waals surface area contributed by atoms with Crippen LogP contribution in [0.4, 0.5) is 4.39 Å². The van der Waals surface area contributed by atoms with E-state index in [2.05, 4.69) is 5.32 Å². The van der Waals surface area contributed by atoms with E-state index < -0.39 is 5.82 Å². The normalized spacial score (nSPS) is 9.75. The van der Waals surface area contributed by atoms with E-state index in [0.717, 1.165) is 5.56 Å². The molecule has 4 nitrogen and oxygen atoms in total. The number of hydrogen-bond donors (Lipinski definition) is 2. The van der Waals surface area contributed by atoms with Crippen molar-refractivity contribution in [2.45, 2.75) is 13.0 Å². The van der Waals surface area contributed by atoms with Crippen LogP contribution in [-0.2, 0) is 11.3 Å². The summed E-state index contributed by atoms with van der Waals surface area (Å²) in [5.41, 5.74) is 5.78. The van der Waals surface area contributed by atoms with Crippen LogP contribution in [0, 0.1) is 17.1 Å². The van der Waals surface area contributed by atoms with E-state index in [1.165, 1.54) is 12.1 Å². The smallest absolute Gasteiger partial charge is 0.218 e. The van der Waals surface area contributed by atoms with Gasteiger partial charge < -0.3 is 11.1 Å². The zero-order chi connectivity index (χ0) is 12.0. The molecule has 0 heterocycles. The Morgan fingerprint density at radius 2 is 2.31 bits per heavy atom. The van der Waals surface area contributed by atoms with E-state index in [9.17, 15) is 9.18 Å². The number of amides is 1. The first kappa shape index (κ1) is 12.1. The van der Waals surface area contributed by atoms with Gasteiger partial charge in [-0.2, -0.15) is 5.26 Å². The van der Waals surface area contributed by atoms with Gasteiger partial charge in [0.05, 0.1) is 5.56 Å². The summed E-state index contributed by atoms with van der Waals surface area (Å²) in [5.74, 6) is -0.896. The zero-order valence-corrected chi connectivity index (χ0v) is 8.66. The van der Waals surface area contributed by atoms with Crippen molar-refractivity contribution in [1.29, 1.82) is 5.26 Å². The fourth-order valence-electron chi connectivity index (χ4n) is 1.21. The number of hydrogen-bond acceptors (Lipinski definition) is 3. The third-order valence-electron chi connectivity index (χ3n) is 2.03. The molecule has 0 aliphatic heterocycles. The molecular weight excluding hydrogens is 209 g/mol. The summed E-state index contributed by atoms with van der Waals surface area (Å²) in [6.45, 7) is 0.941. The van der Waals surface area contributed by atoms with E-state index in [4.69, 9.17) is 11.0 Å². The maximum absolute atomic E-state index is 13.0. The van der Waals surface area contributed by atoms with Crippen LogP contribution in [0.5, 0.6) is 0 Å². The highest BCUT2D eigenvalue weighted by atomic mass is 19.1. The van der Waals surface area contributed by atoms with E-state index in [1.54, 1.807) is 12.1 Å². The number of nitrogens with two attached hydrogens (primary N) is 1. The summed E-state index contributed by atoms with van der Waals surface area (Å²) >= 11 is 0. The molecule has 0 saturated heterocycles. The molecule has 0 bridgehead atoms. The third-order valence-corrected chi connectivity index (χ3v) is 2.03. The fourth-order valence-corrected chi connectivity index (χ4v) is 1.21. The first-order chi connectivity index (χ1) is 7.63. The first-order valence-electron chi connectivity index (χ1n) is 4.81. The molecule has 1 aromatic rings. The van der Waals surface area contributed by atoms with Gasteiger partial charge >= 0.3 is 0 Å². The number of nitrogens with zero attached hydrogens (tertiary/aromatic N) is 1. The van der Waals surface area contributed by atoms with Crippen LogP contribution in [0.2, 0.25) is 0 Å². The van der Waals surface area contributed by atoms with Crippen molar-refractivity contribution in [2.75, 3.05) is 6.54 Å². The molecule has 16 heavy (non-hydrogen) atoms. The zero-order valence-electron chi connectivity index (χ0n) is 8.66. The number of rotatable bonds is 5. The van der Waals surface area contributed by atoms with Gasteiger partial charge in [0, 0.05) is 19.5 Å². The predicted octanol–water partition coefficient (Wildman–Crippen LogP) is 0.662. The predicted molar refractivity (Wildman–Crippen MR) is 56.6 cm³/mol. The minimum absolute atomic E-state index is 0.0224. The molecule has 0 aromatic heterocycles. The Labute approximate surface area is 92.9 Å². The fraction of sp³-hybridized carbons (Fsp3) is 0.273. The lowest BCUT2D eigenvalue weighted by Gasteiger charge is -2.04. The quantitative estimate of drug-likeness (QED) is 0.717. The van der Waals surface area contributed by atoms with Crippen LogP contribution in [0.3, 0.4) is 0 Å². The average Bonchev–Trinajstić information content (AvgIpc) is 2.26. The molecule has 0 fully saturated rings. The Kier molecular flexibility index (Phi) is 4.42. The van der Waals surface area contributed by atoms with Crippen molar-refractivity contribution >= 4 is 5.91 Å². The molecule has 0 spiro atoms. The highest BCUT2D eigenvalue weighted by molar-refractivity contribution is 5.73. The molecule has 3 N–H and O–H groups in total. The van der Waals surface area contributed by atoms with Crippen LogP contribution >= 0.6 is 0 Å². The number of primary amides is 1. The Morgan fingerprint density at radius 3 is 2.94 bits per heavy atom. The lowest BCUT2D eigenvalue weighted by atomic mass is 10.1. The summed E-state index contributed by atoms with van der Waals surface area (Å²) in [6, 6.07) is 6.09. The van der Waals surface area contributed by atoms with Crippen LogP contribution in [0.25, 0.3) is 0 Å². The number of halogens is 1. The molecule has 0 atom stereocenters. The maximum atomic E-state index is 13.0. The highest BCUT2D eigenvalue weighted by Crippen LogP contribution is 2.09. The maximum Gasteiger partial charge on any atom is 0.218 e. The van der Waals surface area contributed by atoms with Gasteiger partial charge in [0.2, 0.25) is 5.91 Å². The molecule has 0 aliphatic carbocycles. The lowest BCUT2D eigenvalue weighted by Crippen LogP contribution is -2.21. The number of carbonyl (C=O) groups excluding carboxylic acids is 1. The number of carbonyl (C=O) groups is 1. The Morgan fingerprint density at radius 1 is 1.56 bits per heavy atom. The second kappa shape index (κ2) is 5.83. The minimum Gasteiger partial charge on any atom is -0.370 e. The number of benzene rings is 1. The van der Waals surface area contributed by atoms with E-state index in [0.29, 0.717) is 13.1 Å². The number of nitrogens with one attached hydrogen (secondary N) is 1. The molecule has 1 rings (SSSR count). The molecule has 0 aliphatic rings. The summed E-state index contributed by atoms with van der Waals surface area (Å²) < 4.78 is 13.0. The Bertz CT molecular complexity index is 426. The van der Waals surface area contributed by atoms with Gasteiger partial charge in [-0.3, -0.25) is 4.79 Å². The van der Waals surface area contributed by atoms with Crippen LogP contribution in [0.15, 0.2) is 18.2 Å². The standard InChI is InChI=1S/C11H12FN3O/c12-10-2-1-8(5-9(10)6-13)7-15-4-3-11(14)16/h1-2,5,15H,3-4,7H2,(H2,14,16). The van der Waals surface area contributed by atoms with Crippen molar-refractivity contribution in [3.8, 4) is 6.07 Å². The second-order valence-electron chi connectivity index (χ2n) is 3.32. The molecule has 0 radical (unpaired) electrons. The van der Waals surface area contributed by atoms with Gasteiger partial charge in [0.15, 0.2) is 0 Å². The number of nitriles is 1. The second-order valence-corrected chi connectivity index (χ2v) is 3.32. The van der Waals surface area contributed by atoms with Gasteiger partial charge in [-0.1, -0.05) is 6.07 Å². The van der Waals surface area contributed by atoms with Gasteiger partial charge in [-0.05, 0) is 17.7 Å². The molecule has 84 valence electrons. The van der Waals surface area contributed by atoms with Gasteiger partial charge in [-0.25, -0.2) is 4.39 Å². The van der Waals surface area contributed by atoms with Crippen LogP contribution < -0.4 is 11.1 Å². The van der Waals surface area contributed by atoms with Crippen molar-refractivity contribution in [3.63, 3.8) is 0 Å². The van der Waals surface area contributed by atoms with Gasteiger partial charge in [-0.15, -0.1) is 0 Å². The van der Waals surface area contributed by atoms with E-state index >= 15 is 0 Å². The van der Waals surface area contributed by atoms with Crippen molar-refractivity contribution in [3.05, 3.63) is 35.1 Å². The molecule has 5 heteroatoms.